The van der Waals surface area contributed by atoms with Gasteiger partial charge in [-0.15, -0.1) is 0 Å². The standard InChI is InChI=1S/C9H15N3O4/c10-9(14)11-8(13)5-16-7-3-1-6(12-15)2-4-7/h7,15H,1-5H2,(H3,10,11,13,14). The first-order valence-corrected chi connectivity index (χ1v) is 5.02. The number of amides is 3. The predicted molar refractivity (Wildman–Crippen MR) is 55.2 cm³/mol. The largest absolute Gasteiger partial charge is 0.411 e. The fraction of sp³-hybridized carbons (Fsp3) is 0.667. The lowest BCUT2D eigenvalue weighted by molar-refractivity contribution is -0.126. The number of urea groups is 1. The number of nitrogens with one attached hydrogen (secondary N) is 1. The third kappa shape index (κ3) is 4.26. The Hall–Kier alpha value is -1.63. The van der Waals surface area contributed by atoms with E-state index < -0.39 is 11.9 Å². The number of imide groups is 1. The van der Waals surface area contributed by atoms with Gasteiger partial charge in [-0.1, -0.05) is 5.16 Å². The quantitative estimate of drug-likeness (QED) is 0.465. The molecule has 0 aromatic rings. The van der Waals surface area contributed by atoms with Gasteiger partial charge in [0.2, 0.25) is 0 Å². The molecular weight excluding hydrogens is 214 g/mol. The maximum atomic E-state index is 11.0. The molecule has 7 nitrogen and oxygen atoms in total. The number of primary amides is 1. The van der Waals surface area contributed by atoms with Gasteiger partial charge in [-0.3, -0.25) is 10.1 Å². The molecule has 0 aromatic carbocycles. The highest BCUT2D eigenvalue weighted by molar-refractivity contribution is 5.94. The van der Waals surface area contributed by atoms with Crippen LogP contribution in [0.15, 0.2) is 5.16 Å². The summed E-state index contributed by atoms with van der Waals surface area (Å²) in [5.41, 5.74) is 5.52. The van der Waals surface area contributed by atoms with E-state index in [4.69, 9.17) is 15.7 Å². The number of hydrogen-bond acceptors (Lipinski definition) is 5. The molecule has 0 saturated heterocycles. The van der Waals surface area contributed by atoms with Crippen molar-refractivity contribution in [1.29, 1.82) is 0 Å². The molecule has 1 rings (SSSR count). The molecule has 0 spiro atoms. The number of carbonyl (C=O) groups is 2. The van der Waals surface area contributed by atoms with E-state index in [1.807, 2.05) is 5.32 Å². The Morgan fingerprint density at radius 2 is 2.12 bits per heavy atom. The molecule has 4 N–H and O–H groups in total. The van der Waals surface area contributed by atoms with Crippen LogP contribution in [-0.2, 0) is 9.53 Å². The Bertz CT molecular complexity index is 293. The normalized spacial score (nSPS) is 20.2. The minimum atomic E-state index is -0.882. The van der Waals surface area contributed by atoms with Crippen molar-refractivity contribution < 1.29 is 19.5 Å². The van der Waals surface area contributed by atoms with Crippen molar-refractivity contribution in [3.63, 3.8) is 0 Å². The molecule has 0 unspecified atom stereocenters. The average molecular weight is 229 g/mol. The van der Waals surface area contributed by atoms with E-state index in [0.29, 0.717) is 25.7 Å². The summed E-state index contributed by atoms with van der Waals surface area (Å²) in [4.78, 5) is 21.3. The fourth-order valence-corrected chi connectivity index (χ4v) is 1.56. The Labute approximate surface area is 92.6 Å². The van der Waals surface area contributed by atoms with Gasteiger partial charge in [-0.25, -0.2) is 4.79 Å². The van der Waals surface area contributed by atoms with Crippen molar-refractivity contribution in [2.24, 2.45) is 10.9 Å². The minimum absolute atomic E-state index is 0.0378. The zero-order valence-electron chi connectivity index (χ0n) is 8.81. The summed E-state index contributed by atoms with van der Waals surface area (Å²) < 4.78 is 5.28. The molecule has 0 atom stereocenters. The van der Waals surface area contributed by atoms with E-state index in [2.05, 4.69) is 5.16 Å². The summed E-state index contributed by atoms with van der Waals surface area (Å²) in [5.74, 6) is -0.547. The number of nitrogens with two attached hydrogens (primary N) is 1. The molecular formula is C9H15N3O4. The summed E-state index contributed by atoms with van der Waals surface area (Å²) in [5, 5.41) is 13.6. The van der Waals surface area contributed by atoms with Crippen LogP contribution in [0.25, 0.3) is 0 Å². The minimum Gasteiger partial charge on any atom is -0.411 e. The second-order valence-electron chi connectivity index (χ2n) is 3.59. The van der Waals surface area contributed by atoms with Crippen LogP contribution < -0.4 is 11.1 Å². The monoisotopic (exact) mass is 229 g/mol. The van der Waals surface area contributed by atoms with Gasteiger partial charge in [0.05, 0.1) is 11.8 Å². The molecule has 1 fully saturated rings. The number of ether oxygens (including phenoxy) is 1. The van der Waals surface area contributed by atoms with Crippen LogP contribution in [0.1, 0.15) is 25.7 Å². The lowest BCUT2D eigenvalue weighted by atomic mass is 9.96. The maximum absolute atomic E-state index is 11.0. The highest BCUT2D eigenvalue weighted by Crippen LogP contribution is 2.18. The van der Waals surface area contributed by atoms with Crippen molar-refractivity contribution in [2.45, 2.75) is 31.8 Å². The second-order valence-corrected chi connectivity index (χ2v) is 3.59. The van der Waals surface area contributed by atoms with Crippen LogP contribution >= 0.6 is 0 Å². The molecule has 0 aromatic heterocycles. The van der Waals surface area contributed by atoms with Gasteiger partial charge < -0.3 is 15.7 Å². The molecule has 0 bridgehead atoms. The van der Waals surface area contributed by atoms with E-state index in [1.54, 1.807) is 0 Å². The maximum Gasteiger partial charge on any atom is 0.318 e. The Morgan fingerprint density at radius 3 is 2.62 bits per heavy atom. The first kappa shape index (κ1) is 12.4. The van der Waals surface area contributed by atoms with Crippen LogP contribution in [-0.4, -0.2) is 35.6 Å². The van der Waals surface area contributed by atoms with Crippen LogP contribution in [0, 0.1) is 0 Å². The summed E-state index contributed by atoms with van der Waals surface area (Å²) in [6.45, 7) is -0.181. The van der Waals surface area contributed by atoms with Crippen LogP contribution in [0.3, 0.4) is 0 Å². The molecule has 0 aliphatic heterocycles. The van der Waals surface area contributed by atoms with Gasteiger partial charge in [0.15, 0.2) is 0 Å². The number of nitrogens with zero attached hydrogens (tertiary/aromatic N) is 1. The Balaban J connectivity index is 2.19. The number of rotatable bonds is 3. The van der Waals surface area contributed by atoms with Gasteiger partial charge in [-0.2, -0.15) is 0 Å². The summed E-state index contributed by atoms with van der Waals surface area (Å²) in [6.07, 6.45) is 2.72. The lowest BCUT2D eigenvalue weighted by Crippen LogP contribution is -2.38. The summed E-state index contributed by atoms with van der Waals surface area (Å²) in [7, 11) is 0. The van der Waals surface area contributed by atoms with E-state index in [-0.39, 0.29) is 12.7 Å². The molecule has 0 heterocycles. The third-order valence-electron chi connectivity index (χ3n) is 2.36. The van der Waals surface area contributed by atoms with Gasteiger partial charge in [0.25, 0.3) is 5.91 Å². The van der Waals surface area contributed by atoms with Crippen LogP contribution in [0.4, 0.5) is 4.79 Å². The number of oxime groups is 1. The average Bonchev–Trinajstić information content (AvgIpc) is 2.26. The topological polar surface area (TPSA) is 114 Å². The van der Waals surface area contributed by atoms with Crippen molar-refractivity contribution in [1.82, 2.24) is 5.32 Å². The molecule has 3 amide bonds. The van der Waals surface area contributed by atoms with Gasteiger partial charge in [0, 0.05) is 0 Å². The Kier molecular flexibility index (Phi) is 4.71. The molecule has 1 aliphatic carbocycles. The van der Waals surface area contributed by atoms with E-state index in [0.717, 1.165) is 5.71 Å². The second kappa shape index (κ2) is 6.06. The first-order chi connectivity index (χ1) is 7.61. The molecule has 1 saturated carbocycles. The molecule has 0 radical (unpaired) electrons. The summed E-state index contributed by atoms with van der Waals surface area (Å²) in [6, 6.07) is -0.882. The van der Waals surface area contributed by atoms with Gasteiger partial charge >= 0.3 is 6.03 Å². The molecule has 1 aliphatic rings. The number of hydrogen-bond donors (Lipinski definition) is 3. The van der Waals surface area contributed by atoms with Gasteiger partial charge in [-0.05, 0) is 25.7 Å². The lowest BCUT2D eigenvalue weighted by Gasteiger charge is -2.22. The predicted octanol–water partition coefficient (Wildman–Crippen LogP) is -0.0293. The Morgan fingerprint density at radius 1 is 1.50 bits per heavy atom. The van der Waals surface area contributed by atoms with E-state index in [1.165, 1.54) is 0 Å². The molecule has 16 heavy (non-hydrogen) atoms. The SMILES string of the molecule is NC(=O)NC(=O)COC1CCC(=NO)CC1. The summed E-state index contributed by atoms with van der Waals surface area (Å²) >= 11 is 0. The zero-order valence-corrected chi connectivity index (χ0v) is 8.81. The van der Waals surface area contributed by atoms with E-state index >= 15 is 0 Å². The number of carbonyl (C=O) groups excluding carboxylic acids is 2. The van der Waals surface area contributed by atoms with Crippen LogP contribution in [0.5, 0.6) is 0 Å². The van der Waals surface area contributed by atoms with Crippen LogP contribution in [0.2, 0.25) is 0 Å². The van der Waals surface area contributed by atoms with Crippen molar-refractivity contribution in [3.05, 3.63) is 0 Å². The van der Waals surface area contributed by atoms with E-state index in [9.17, 15) is 9.59 Å². The molecule has 90 valence electrons. The highest BCUT2D eigenvalue weighted by atomic mass is 16.5. The zero-order chi connectivity index (χ0) is 12.0. The first-order valence-electron chi connectivity index (χ1n) is 5.02. The smallest absolute Gasteiger partial charge is 0.318 e. The fourth-order valence-electron chi connectivity index (χ4n) is 1.56. The van der Waals surface area contributed by atoms with Crippen molar-refractivity contribution >= 4 is 17.6 Å². The van der Waals surface area contributed by atoms with Crippen molar-refractivity contribution in [3.8, 4) is 0 Å². The van der Waals surface area contributed by atoms with Gasteiger partial charge in [0.1, 0.15) is 6.61 Å². The van der Waals surface area contributed by atoms with Crippen molar-refractivity contribution in [2.75, 3.05) is 6.61 Å². The highest BCUT2D eigenvalue weighted by Gasteiger charge is 2.19. The third-order valence-corrected chi connectivity index (χ3v) is 2.36. The molecule has 7 heteroatoms.